The summed E-state index contributed by atoms with van der Waals surface area (Å²) < 4.78 is 13.2. The predicted molar refractivity (Wildman–Crippen MR) is 47.6 cm³/mol. The van der Waals surface area contributed by atoms with Crippen molar-refractivity contribution < 1.29 is 9.50 Å². The fourth-order valence-electron chi connectivity index (χ4n) is 1.95. The number of nitrogens with two attached hydrogens (primary N) is 1. The van der Waals surface area contributed by atoms with Crippen molar-refractivity contribution in [2.45, 2.75) is 25.5 Å². The molecule has 0 aliphatic heterocycles. The van der Waals surface area contributed by atoms with Crippen molar-refractivity contribution in [2.24, 2.45) is 5.73 Å². The van der Waals surface area contributed by atoms with E-state index in [0.717, 1.165) is 24.0 Å². The van der Waals surface area contributed by atoms with Crippen LogP contribution in [0.5, 0.6) is 0 Å². The number of hydrogen-bond donors (Lipinski definition) is 2. The highest BCUT2D eigenvalue weighted by Gasteiger charge is 2.22. The van der Waals surface area contributed by atoms with E-state index in [1.54, 1.807) is 6.07 Å². The topological polar surface area (TPSA) is 46.2 Å². The van der Waals surface area contributed by atoms with Crippen molar-refractivity contribution in [2.75, 3.05) is 0 Å². The first-order valence-electron chi connectivity index (χ1n) is 4.40. The van der Waals surface area contributed by atoms with E-state index in [1.807, 2.05) is 0 Å². The van der Waals surface area contributed by atoms with Crippen LogP contribution in [0.15, 0.2) is 12.1 Å². The molecule has 0 unspecified atom stereocenters. The molecule has 0 spiro atoms. The minimum atomic E-state index is -0.324. The second-order valence-corrected chi connectivity index (χ2v) is 3.40. The Morgan fingerprint density at radius 1 is 1.54 bits per heavy atom. The third-order valence-corrected chi connectivity index (χ3v) is 2.67. The van der Waals surface area contributed by atoms with E-state index in [4.69, 9.17) is 10.8 Å². The Balaban J connectivity index is 2.57. The normalized spacial score (nSPS) is 20.4. The predicted octanol–water partition coefficient (Wildman–Crippen LogP) is 1.26. The molecular weight excluding hydrogens is 169 g/mol. The van der Waals surface area contributed by atoms with Crippen molar-refractivity contribution in [3.05, 3.63) is 34.6 Å². The molecule has 0 heterocycles. The van der Waals surface area contributed by atoms with Crippen LogP contribution < -0.4 is 5.73 Å². The van der Waals surface area contributed by atoms with Gasteiger partial charge in [-0.1, -0.05) is 6.07 Å². The lowest BCUT2D eigenvalue weighted by Crippen LogP contribution is -2.06. The summed E-state index contributed by atoms with van der Waals surface area (Å²) in [5.41, 5.74) is 8.14. The molecule has 0 saturated heterocycles. The van der Waals surface area contributed by atoms with E-state index in [1.165, 1.54) is 6.07 Å². The summed E-state index contributed by atoms with van der Waals surface area (Å²) >= 11 is 0. The zero-order chi connectivity index (χ0) is 9.42. The van der Waals surface area contributed by atoms with Crippen LogP contribution in [0.3, 0.4) is 0 Å². The summed E-state index contributed by atoms with van der Waals surface area (Å²) in [4.78, 5) is 0. The molecule has 13 heavy (non-hydrogen) atoms. The number of aliphatic hydroxyl groups is 1. The summed E-state index contributed by atoms with van der Waals surface area (Å²) in [5, 5.41) is 8.99. The second-order valence-electron chi connectivity index (χ2n) is 3.40. The third kappa shape index (κ3) is 1.24. The van der Waals surface area contributed by atoms with Gasteiger partial charge in [-0.2, -0.15) is 0 Å². The average molecular weight is 181 g/mol. The van der Waals surface area contributed by atoms with Gasteiger partial charge in [0.2, 0.25) is 0 Å². The molecule has 0 amide bonds. The van der Waals surface area contributed by atoms with Crippen LogP contribution >= 0.6 is 0 Å². The number of rotatable bonds is 1. The number of halogens is 1. The average Bonchev–Trinajstić information content (AvgIpc) is 2.48. The Kier molecular flexibility index (Phi) is 2.06. The smallest absolute Gasteiger partial charge is 0.129 e. The van der Waals surface area contributed by atoms with E-state index in [2.05, 4.69) is 0 Å². The van der Waals surface area contributed by atoms with Crippen molar-refractivity contribution in [3.63, 3.8) is 0 Å². The standard InChI is InChI=1S/C10H12FNO/c11-9-3-1-7-6(8(9)5-13)2-4-10(7)12/h1,3,10,13H,2,4-5,12H2/t10-/m1/s1. The maximum Gasteiger partial charge on any atom is 0.129 e. The summed E-state index contributed by atoms with van der Waals surface area (Å²) in [5.74, 6) is -0.324. The van der Waals surface area contributed by atoms with Crippen molar-refractivity contribution in [1.29, 1.82) is 0 Å². The van der Waals surface area contributed by atoms with Gasteiger partial charge in [-0.15, -0.1) is 0 Å². The van der Waals surface area contributed by atoms with Gasteiger partial charge in [-0.25, -0.2) is 4.39 Å². The molecule has 1 aliphatic rings. The summed E-state index contributed by atoms with van der Waals surface area (Å²) in [7, 11) is 0. The van der Waals surface area contributed by atoms with Crippen LogP contribution in [0, 0.1) is 5.82 Å². The molecule has 1 aliphatic carbocycles. The van der Waals surface area contributed by atoms with Gasteiger partial charge < -0.3 is 10.8 Å². The maximum absolute atomic E-state index is 13.2. The Labute approximate surface area is 76.2 Å². The molecule has 70 valence electrons. The van der Waals surface area contributed by atoms with Crippen molar-refractivity contribution >= 4 is 0 Å². The first kappa shape index (κ1) is 8.66. The van der Waals surface area contributed by atoms with E-state index in [9.17, 15) is 4.39 Å². The van der Waals surface area contributed by atoms with Gasteiger partial charge in [0.25, 0.3) is 0 Å². The van der Waals surface area contributed by atoms with Crippen molar-refractivity contribution in [1.82, 2.24) is 0 Å². The summed E-state index contributed by atoms with van der Waals surface area (Å²) in [6.07, 6.45) is 1.63. The third-order valence-electron chi connectivity index (χ3n) is 2.67. The van der Waals surface area contributed by atoms with Crippen LogP contribution in [0.25, 0.3) is 0 Å². The first-order chi connectivity index (χ1) is 6.24. The molecule has 1 atom stereocenters. The fraction of sp³-hybridized carbons (Fsp3) is 0.400. The minimum absolute atomic E-state index is 0.0147. The zero-order valence-electron chi connectivity index (χ0n) is 7.26. The number of benzene rings is 1. The highest BCUT2D eigenvalue weighted by Crippen LogP contribution is 2.32. The molecule has 0 radical (unpaired) electrons. The van der Waals surface area contributed by atoms with E-state index < -0.39 is 0 Å². The lowest BCUT2D eigenvalue weighted by atomic mass is 10.0. The molecule has 2 rings (SSSR count). The van der Waals surface area contributed by atoms with Gasteiger partial charge in [0, 0.05) is 11.6 Å². The van der Waals surface area contributed by atoms with Crippen LogP contribution in [0.4, 0.5) is 4.39 Å². The number of aliphatic hydroxyl groups excluding tert-OH is 1. The zero-order valence-corrected chi connectivity index (χ0v) is 7.26. The molecule has 0 bridgehead atoms. The molecule has 0 aromatic heterocycles. The Hall–Kier alpha value is -0.930. The van der Waals surface area contributed by atoms with Crippen LogP contribution in [-0.2, 0) is 13.0 Å². The van der Waals surface area contributed by atoms with Crippen LogP contribution in [0.1, 0.15) is 29.2 Å². The Morgan fingerprint density at radius 2 is 2.31 bits per heavy atom. The SMILES string of the molecule is N[C@@H]1CCc2c1ccc(F)c2CO. The number of hydrogen-bond acceptors (Lipinski definition) is 2. The molecule has 3 heteroatoms. The molecule has 0 fully saturated rings. The van der Waals surface area contributed by atoms with Gasteiger partial charge >= 0.3 is 0 Å². The second kappa shape index (κ2) is 3.09. The van der Waals surface area contributed by atoms with Crippen molar-refractivity contribution in [3.8, 4) is 0 Å². The summed E-state index contributed by atoms with van der Waals surface area (Å²) in [6.45, 7) is -0.234. The van der Waals surface area contributed by atoms with Gasteiger partial charge in [-0.3, -0.25) is 0 Å². The van der Waals surface area contributed by atoms with Gasteiger partial charge in [0.05, 0.1) is 6.61 Å². The first-order valence-corrected chi connectivity index (χ1v) is 4.40. The van der Waals surface area contributed by atoms with Gasteiger partial charge in [0.15, 0.2) is 0 Å². The largest absolute Gasteiger partial charge is 0.392 e. The lowest BCUT2D eigenvalue weighted by Gasteiger charge is -2.08. The molecule has 0 saturated carbocycles. The monoisotopic (exact) mass is 181 g/mol. The van der Waals surface area contributed by atoms with Gasteiger partial charge in [0.1, 0.15) is 5.82 Å². The highest BCUT2D eigenvalue weighted by molar-refractivity contribution is 5.41. The van der Waals surface area contributed by atoms with Crippen LogP contribution in [0.2, 0.25) is 0 Å². The molecule has 2 nitrogen and oxygen atoms in total. The molecule has 1 aromatic rings. The molecule has 1 aromatic carbocycles. The lowest BCUT2D eigenvalue weighted by molar-refractivity contribution is 0.274. The maximum atomic E-state index is 13.2. The Bertz CT molecular complexity index is 338. The number of fused-ring (bicyclic) bond motifs is 1. The van der Waals surface area contributed by atoms with E-state index in [0.29, 0.717) is 5.56 Å². The Morgan fingerprint density at radius 3 is 3.00 bits per heavy atom. The van der Waals surface area contributed by atoms with Crippen LogP contribution in [-0.4, -0.2) is 5.11 Å². The minimum Gasteiger partial charge on any atom is -0.392 e. The van der Waals surface area contributed by atoms with E-state index >= 15 is 0 Å². The quantitative estimate of drug-likeness (QED) is 0.685. The highest BCUT2D eigenvalue weighted by atomic mass is 19.1. The fourth-order valence-corrected chi connectivity index (χ4v) is 1.95. The van der Waals surface area contributed by atoms with E-state index in [-0.39, 0.29) is 18.5 Å². The van der Waals surface area contributed by atoms with Gasteiger partial charge in [-0.05, 0) is 30.0 Å². The molecular formula is C10H12FNO. The summed E-state index contributed by atoms with van der Waals surface area (Å²) in [6, 6.07) is 3.12. The molecule has 3 N–H and O–H groups in total.